The third kappa shape index (κ3) is 39.2. The molecule has 0 aliphatic rings. The van der Waals surface area contributed by atoms with Crippen molar-refractivity contribution in [2.75, 3.05) is 0 Å². The lowest BCUT2D eigenvalue weighted by Gasteiger charge is -2.09. The van der Waals surface area contributed by atoms with Crippen LogP contribution in [0.1, 0.15) is 10.4 Å². The van der Waals surface area contributed by atoms with Gasteiger partial charge in [0.15, 0.2) is 11.5 Å². The van der Waals surface area contributed by atoms with Gasteiger partial charge in [-0.15, -0.1) is 19.3 Å². The molecule has 4 nitrogen and oxygen atoms in total. The van der Waals surface area contributed by atoms with Crippen molar-refractivity contribution in [3.05, 3.63) is 17.7 Å². The second kappa shape index (κ2) is 49.0. The van der Waals surface area contributed by atoms with Crippen molar-refractivity contribution in [2.24, 2.45) is 0 Å². The Morgan fingerprint density at radius 2 is 0.410 bits per heavy atom. The highest BCUT2D eigenvalue weighted by atomic mass is 35.5. The van der Waals surface area contributed by atoms with E-state index >= 15 is 0 Å². The van der Waals surface area contributed by atoms with Crippen LogP contribution in [0.15, 0.2) is 12.1 Å². The van der Waals surface area contributed by atoms with E-state index in [0.29, 0.717) is 0 Å². The Morgan fingerprint density at radius 1 is 0.256 bits per heavy atom. The van der Waals surface area contributed by atoms with Crippen LogP contribution >= 0.6 is 11.6 Å². The second-order valence-corrected chi connectivity index (χ2v) is 10.6. The minimum absolute atomic E-state index is 0.1000. The predicted octanol–water partition coefficient (Wildman–Crippen LogP) is 2.08. The summed E-state index contributed by atoms with van der Waals surface area (Å²) in [6, 6.07) is 2.41. The van der Waals surface area contributed by atoms with Crippen molar-refractivity contribution in [1.82, 2.24) is 0 Å². The fourth-order valence-corrected chi connectivity index (χ4v) is 3.07. The van der Waals surface area contributed by atoms with E-state index in [1.165, 1.54) is 12.1 Å². The van der Waals surface area contributed by atoms with Crippen LogP contribution in [0, 0.1) is 393 Å². The number of hydrogen-bond donors (Lipinski definition) is 0. The molecule has 0 spiro atoms. The molecule has 0 aliphatic heterocycles. The molecule has 1 rings (SSSR count). The smallest absolute Gasteiger partial charge is 0.252 e. The fourth-order valence-electron chi connectivity index (χ4n) is 2.96. The molecule has 0 aromatic heterocycles. The Labute approximate surface area is 461 Å². The van der Waals surface area contributed by atoms with Crippen molar-refractivity contribution in [3.8, 4) is 410 Å². The molecule has 0 N–H and O–H groups in total. The van der Waals surface area contributed by atoms with Gasteiger partial charge in [0.25, 0.3) is 5.24 Å². The van der Waals surface area contributed by atoms with Crippen molar-refractivity contribution < 1.29 is 19.0 Å². The van der Waals surface area contributed by atoms with Gasteiger partial charge in [-0.2, -0.15) is 0 Å². The van der Waals surface area contributed by atoms with Gasteiger partial charge >= 0.3 is 0 Å². The quantitative estimate of drug-likeness (QED) is 0.343. The summed E-state index contributed by atoms with van der Waals surface area (Å²) >= 11 is 5.78. The zero-order valence-electron chi connectivity index (χ0n) is 38.9. The maximum absolute atomic E-state index is 12.2. The lowest BCUT2D eigenvalue weighted by molar-refractivity contribution is 0.108. The first-order valence-electron chi connectivity index (χ1n) is 19.4. The van der Waals surface area contributed by atoms with Crippen molar-refractivity contribution in [1.29, 1.82) is 0 Å². The van der Waals surface area contributed by atoms with Gasteiger partial charge in [0.05, 0.1) is 0 Å². The summed E-state index contributed by atoms with van der Waals surface area (Å²) in [5.74, 6) is 146. The number of carbonyl (C=O) groups is 1. The lowest BCUT2D eigenvalue weighted by atomic mass is 10.2. The second-order valence-electron chi connectivity index (χ2n) is 10.2. The number of rotatable bonds is 4. The zero-order chi connectivity index (χ0) is 56.0. The molecule has 0 bridgehead atoms. The predicted molar refractivity (Wildman–Crippen MR) is 298 cm³/mol. The van der Waals surface area contributed by atoms with Gasteiger partial charge in [0.2, 0.25) is 5.75 Å². The van der Waals surface area contributed by atoms with Gasteiger partial charge in [-0.1, -0.05) is 0 Å². The van der Waals surface area contributed by atoms with Crippen LogP contribution in [0.5, 0.6) is 17.2 Å². The van der Waals surface area contributed by atoms with Gasteiger partial charge in [-0.3, -0.25) is 4.79 Å². The van der Waals surface area contributed by atoms with Crippen molar-refractivity contribution >= 4 is 16.8 Å². The SMILES string of the molecule is C#CC#CC#CC#CC#CC#CC#CC#CC#CC#CC#COc1cc(C(=O)Cl)cc(OC#CC#CC#CC#CC#CC#CC#CC#CC#CC#CC#C)c1OC#CC#CC#CC#CC#CC#CC#CC#CC#CC#CC#C. The van der Waals surface area contributed by atoms with E-state index in [1.54, 1.807) is 0 Å². The minimum atomic E-state index is -0.896. The molecule has 5 heteroatoms. The topological polar surface area (TPSA) is 44.8 Å². The van der Waals surface area contributed by atoms with Crippen molar-refractivity contribution in [3.63, 3.8) is 0 Å². The van der Waals surface area contributed by atoms with Crippen LogP contribution in [0.25, 0.3) is 0 Å². The maximum Gasteiger partial charge on any atom is 0.252 e. The van der Waals surface area contributed by atoms with Crippen LogP contribution in [0.3, 0.4) is 0 Å². The summed E-state index contributed by atoms with van der Waals surface area (Å²) in [7, 11) is 0. The number of benzene rings is 1. The van der Waals surface area contributed by atoms with E-state index in [9.17, 15) is 4.79 Å². The van der Waals surface area contributed by atoms with Gasteiger partial charge in [-0.05, 0) is 166 Å². The minimum Gasteiger partial charge on any atom is -0.402 e. The van der Waals surface area contributed by atoms with E-state index < -0.39 is 5.24 Å². The average Bonchev–Trinajstić information content (AvgIpc) is 3.44. The van der Waals surface area contributed by atoms with Gasteiger partial charge in [-0.25, -0.2) is 0 Å². The number of carbonyl (C=O) groups excluding carboxylic acids is 1. The van der Waals surface area contributed by atoms with Crippen LogP contribution in [0.4, 0.5) is 0 Å². The van der Waals surface area contributed by atoms with E-state index in [4.69, 9.17) is 45.1 Å². The largest absolute Gasteiger partial charge is 0.402 e. The molecule has 0 radical (unpaired) electrons. The molecular weight excluding hydrogens is 976 g/mol. The third-order valence-corrected chi connectivity index (χ3v) is 5.69. The first-order valence-corrected chi connectivity index (χ1v) is 19.8. The van der Waals surface area contributed by atoms with Crippen LogP contribution < -0.4 is 14.2 Å². The fraction of sp³-hybridized carbons (Fsp3) is 0. The third-order valence-electron chi connectivity index (χ3n) is 5.47. The Balaban J connectivity index is 3.31. The summed E-state index contributed by atoms with van der Waals surface area (Å²) in [5.41, 5.74) is -0.1000. The van der Waals surface area contributed by atoms with E-state index in [0.717, 1.165) is 0 Å². The first-order chi connectivity index (χ1) is 38.6. The van der Waals surface area contributed by atoms with Crippen LogP contribution in [-0.2, 0) is 0 Å². The summed E-state index contributed by atoms with van der Waals surface area (Å²) in [6.07, 6.45) is 21.9. The van der Waals surface area contributed by atoms with E-state index in [1.807, 2.05) is 0 Å². The number of halogens is 1. The highest BCUT2D eigenvalue weighted by Crippen LogP contribution is 2.39. The summed E-state index contributed by atoms with van der Waals surface area (Å²) in [5, 5.41) is -0.896. The Morgan fingerprint density at radius 3 is 0.577 bits per heavy atom. The summed E-state index contributed by atoms with van der Waals surface area (Å²) in [4.78, 5) is 12.2. The first kappa shape index (κ1) is 60.1. The molecule has 0 saturated carbocycles. The standard InChI is InChI=1S/C73H5ClO4/c1-4-7-10-13-16-19-22-25-28-31-34-37-40-43-46-49-52-55-58-61-64-76-70-67-69(73(74)75)68-71(77-65-62-59-56-53-50-47-44-41-38-35-32-29-26-23-20-17-14-11-8-5-2)72(70)78-66-63-60-57-54-51-48-45-42-39-36-33-30-27-24-21-18-15-12-9-6-3/h1-3,67-68H. The van der Waals surface area contributed by atoms with Gasteiger partial charge in [0, 0.05) is 219 Å². The monoisotopic (exact) mass is 980 g/mol. The normalized spacial score (nSPS) is 5.00. The Kier molecular flexibility index (Phi) is 37.7. The van der Waals surface area contributed by atoms with Gasteiger partial charge < -0.3 is 14.2 Å². The van der Waals surface area contributed by atoms with Crippen LogP contribution in [-0.4, -0.2) is 5.24 Å². The summed E-state index contributed by atoms with van der Waals surface area (Å²) < 4.78 is 16.6. The molecule has 0 amide bonds. The molecule has 1 aromatic rings. The highest BCUT2D eigenvalue weighted by molar-refractivity contribution is 6.67. The van der Waals surface area contributed by atoms with Gasteiger partial charge in [0.1, 0.15) is 18.3 Å². The zero-order valence-corrected chi connectivity index (χ0v) is 39.7. The summed E-state index contributed by atoms with van der Waals surface area (Å²) in [6.45, 7) is 0. The number of hydrogen-bond acceptors (Lipinski definition) is 4. The Hall–Kier alpha value is -15.9. The van der Waals surface area contributed by atoms with E-state index in [-0.39, 0.29) is 22.8 Å². The maximum atomic E-state index is 12.2. The lowest BCUT2D eigenvalue weighted by Crippen LogP contribution is -1.98. The number of terminal acetylenes is 3. The Bertz CT molecular complexity index is 4750. The molecule has 0 fully saturated rings. The molecule has 1 aromatic carbocycles. The molecule has 0 heterocycles. The van der Waals surface area contributed by atoms with Crippen molar-refractivity contribution in [2.45, 2.75) is 0 Å². The molecule has 0 saturated heterocycles. The molecule has 0 unspecified atom stereocenters. The average molecular weight is 981 g/mol. The molecular formula is C73H5ClO4. The number of ether oxygens (including phenoxy) is 3. The molecule has 328 valence electrons. The van der Waals surface area contributed by atoms with Crippen LogP contribution in [0.2, 0.25) is 0 Å². The molecule has 78 heavy (non-hydrogen) atoms. The highest BCUT2D eigenvalue weighted by Gasteiger charge is 2.18. The molecule has 0 aliphatic carbocycles. The molecule has 0 atom stereocenters. The van der Waals surface area contributed by atoms with E-state index in [2.05, 4.69) is 374 Å².